The third-order valence-electron chi connectivity index (χ3n) is 1.67. The van der Waals surface area contributed by atoms with Crippen LogP contribution in [0.2, 0.25) is 0 Å². The molecule has 1 rings (SSSR count). The first-order valence-electron chi connectivity index (χ1n) is 3.72. The van der Waals surface area contributed by atoms with Gasteiger partial charge in [-0.25, -0.2) is 4.39 Å². The molecular weight excluding hydrogens is 202 g/mol. The van der Waals surface area contributed by atoms with Gasteiger partial charge in [0.1, 0.15) is 12.8 Å². The molecule has 0 aliphatic heterocycles. The molecule has 78 valence electrons. The lowest BCUT2D eigenvalue weighted by Gasteiger charge is -2.14. The molecular formula is C8H7F4NO. The number of rotatable bonds is 2. The van der Waals surface area contributed by atoms with E-state index >= 15 is 0 Å². The van der Waals surface area contributed by atoms with E-state index in [1.165, 1.54) is 0 Å². The molecule has 0 aliphatic rings. The number of aliphatic hydroxyl groups excluding tert-OH is 1. The van der Waals surface area contributed by atoms with Crippen LogP contribution in [0.4, 0.5) is 17.6 Å². The summed E-state index contributed by atoms with van der Waals surface area (Å²) in [4.78, 5) is 3.27. The zero-order valence-electron chi connectivity index (χ0n) is 6.92. The van der Waals surface area contributed by atoms with Crippen LogP contribution in [0.3, 0.4) is 0 Å². The largest absolute Gasteiger partial charge is 0.418 e. The lowest BCUT2D eigenvalue weighted by molar-refractivity contribution is -0.139. The highest BCUT2D eigenvalue weighted by Gasteiger charge is 2.35. The number of halogens is 4. The molecule has 0 spiro atoms. The molecule has 0 saturated carbocycles. The summed E-state index contributed by atoms with van der Waals surface area (Å²) in [5.41, 5.74) is -1.60. The predicted molar refractivity (Wildman–Crippen MR) is 40.2 cm³/mol. The Morgan fingerprint density at radius 1 is 1.43 bits per heavy atom. The van der Waals surface area contributed by atoms with Gasteiger partial charge in [0.05, 0.1) is 5.56 Å². The third kappa shape index (κ3) is 2.20. The van der Waals surface area contributed by atoms with E-state index in [0.29, 0.717) is 6.20 Å². The first-order valence-corrected chi connectivity index (χ1v) is 3.72. The molecule has 2 nitrogen and oxygen atoms in total. The second kappa shape index (κ2) is 3.91. The van der Waals surface area contributed by atoms with Crippen molar-refractivity contribution in [1.29, 1.82) is 0 Å². The molecule has 14 heavy (non-hydrogen) atoms. The van der Waals surface area contributed by atoms with Crippen molar-refractivity contribution in [2.24, 2.45) is 0 Å². The molecule has 0 radical (unpaired) electrons. The van der Waals surface area contributed by atoms with Gasteiger partial charge in [0.25, 0.3) is 0 Å². The first kappa shape index (κ1) is 10.9. The van der Waals surface area contributed by atoms with E-state index in [4.69, 9.17) is 5.11 Å². The van der Waals surface area contributed by atoms with Gasteiger partial charge in [-0.15, -0.1) is 0 Å². The van der Waals surface area contributed by atoms with Crippen molar-refractivity contribution in [3.8, 4) is 0 Å². The summed E-state index contributed by atoms with van der Waals surface area (Å²) in [5, 5.41) is 8.97. The van der Waals surface area contributed by atoms with Crippen molar-refractivity contribution in [3.63, 3.8) is 0 Å². The minimum atomic E-state index is -4.63. The van der Waals surface area contributed by atoms with Gasteiger partial charge in [0.2, 0.25) is 0 Å². The van der Waals surface area contributed by atoms with E-state index < -0.39 is 30.1 Å². The third-order valence-corrected chi connectivity index (χ3v) is 1.67. The van der Waals surface area contributed by atoms with Crippen molar-refractivity contribution in [1.82, 2.24) is 4.98 Å². The van der Waals surface area contributed by atoms with Crippen molar-refractivity contribution >= 4 is 0 Å². The Bertz CT molecular complexity index is 312. The normalized spacial score (nSPS) is 14.1. The van der Waals surface area contributed by atoms with Gasteiger partial charge in [-0.1, -0.05) is 0 Å². The van der Waals surface area contributed by atoms with Gasteiger partial charge >= 0.3 is 6.18 Å². The van der Waals surface area contributed by atoms with Gasteiger partial charge < -0.3 is 5.11 Å². The summed E-state index contributed by atoms with van der Waals surface area (Å²) in [7, 11) is 0. The van der Waals surface area contributed by atoms with Gasteiger partial charge in [-0.3, -0.25) is 4.98 Å². The molecule has 0 aliphatic carbocycles. The van der Waals surface area contributed by atoms with Crippen LogP contribution >= 0.6 is 0 Å². The van der Waals surface area contributed by atoms with Crippen LogP contribution in [-0.4, -0.2) is 16.8 Å². The van der Waals surface area contributed by atoms with Gasteiger partial charge in [-0.05, 0) is 11.6 Å². The zero-order valence-corrected chi connectivity index (χ0v) is 6.92. The summed E-state index contributed by atoms with van der Waals surface area (Å²) in [6, 6.07) is 0.951. The fraction of sp³-hybridized carbons (Fsp3) is 0.375. The van der Waals surface area contributed by atoms with Gasteiger partial charge in [-0.2, -0.15) is 13.2 Å². The van der Waals surface area contributed by atoms with Crippen LogP contribution < -0.4 is 0 Å². The van der Waals surface area contributed by atoms with Gasteiger partial charge in [0.15, 0.2) is 0 Å². The number of aliphatic hydroxyl groups is 1. The van der Waals surface area contributed by atoms with E-state index in [-0.39, 0.29) is 0 Å². The molecule has 6 heteroatoms. The maximum Gasteiger partial charge on any atom is 0.418 e. The number of aromatic nitrogens is 1. The lowest BCUT2D eigenvalue weighted by atomic mass is 10.1. The minimum Gasteiger partial charge on any atom is -0.386 e. The maximum absolute atomic E-state index is 12.3. The molecule has 0 saturated heterocycles. The van der Waals surface area contributed by atoms with E-state index in [0.717, 1.165) is 12.3 Å². The standard InChI is InChI=1S/C8H7F4NO/c9-3-7(14)5-1-2-13-4-6(5)8(10,11)12/h1-2,4,7,14H,3H2. The Balaban J connectivity index is 3.16. The molecule has 1 aromatic rings. The maximum atomic E-state index is 12.3. The van der Waals surface area contributed by atoms with Crippen LogP contribution in [0.25, 0.3) is 0 Å². The Morgan fingerprint density at radius 3 is 2.57 bits per heavy atom. The highest BCUT2D eigenvalue weighted by Crippen LogP contribution is 2.33. The topological polar surface area (TPSA) is 33.1 Å². The van der Waals surface area contributed by atoms with E-state index in [1.807, 2.05) is 0 Å². The number of nitrogens with zero attached hydrogens (tertiary/aromatic N) is 1. The molecule has 1 N–H and O–H groups in total. The quantitative estimate of drug-likeness (QED) is 0.756. The number of alkyl halides is 4. The molecule has 0 amide bonds. The zero-order chi connectivity index (χ0) is 10.8. The Hall–Kier alpha value is -1.17. The molecule has 0 aromatic carbocycles. The number of hydrogen-bond acceptors (Lipinski definition) is 2. The van der Waals surface area contributed by atoms with Crippen molar-refractivity contribution in [3.05, 3.63) is 29.6 Å². The number of hydrogen-bond donors (Lipinski definition) is 1. The Morgan fingerprint density at radius 2 is 2.07 bits per heavy atom. The van der Waals surface area contributed by atoms with E-state index in [1.54, 1.807) is 0 Å². The van der Waals surface area contributed by atoms with Crippen molar-refractivity contribution in [2.45, 2.75) is 12.3 Å². The predicted octanol–water partition coefficient (Wildman–Crippen LogP) is 2.10. The van der Waals surface area contributed by atoms with Crippen LogP contribution in [0.5, 0.6) is 0 Å². The summed E-state index contributed by atoms with van der Waals surface area (Å²) in [6.45, 7) is -1.26. The fourth-order valence-electron chi connectivity index (χ4n) is 1.02. The van der Waals surface area contributed by atoms with E-state index in [2.05, 4.69) is 4.98 Å². The number of pyridine rings is 1. The van der Waals surface area contributed by atoms with Gasteiger partial charge in [0, 0.05) is 12.4 Å². The second-order valence-electron chi connectivity index (χ2n) is 2.63. The van der Waals surface area contributed by atoms with Crippen LogP contribution in [0, 0.1) is 0 Å². The molecule has 1 heterocycles. The highest BCUT2D eigenvalue weighted by molar-refractivity contribution is 5.28. The fourth-order valence-corrected chi connectivity index (χ4v) is 1.02. The average molecular weight is 209 g/mol. The molecule has 1 unspecified atom stereocenters. The second-order valence-corrected chi connectivity index (χ2v) is 2.63. The van der Waals surface area contributed by atoms with Crippen molar-refractivity contribution < 1.29 is 22.7 Å². The summed E-state index contributed by atoms with van der Waals surface area (Å²) >= 11 is 0. The van der Waals surface area contributed by atoms with Crippen LogP contribution in [0.15, 0.2) is 18.5 Å². The lowest BCUT2D eigenvalue weighted by Crippen LogP contribution is -2.13. The van der Waals surface area contributed by atoms with Crippen LogP contribution in [-0.2, 0) is 6.18 Å². The molecule has 1 aromatic heterocycles. The monoisotopic (exact) mass is 209 g/mol. The molecule has 0 fully saturated rings. The SMILES string of the molecule is OC(CF)c1ccncc1C(F)(F)F. The highest BCUT2D eigenvalue weighted by atomic mass is 19.4. The average Bonchev–Trinajstić information content (AvgIpc) is 2.15. The van der Waals surface area contributed by atoms with E-state index in [9.17, 15) is 17.6 Å². The smallest absolute Gasteiger partial charge is 0.386 e. The minimum absolute atomic E-state index is 0.491. The van der Waals surface area contributed by atoms with Crippen molar-refractivity contribution in [2.75, 3.05) is 6.67 Å². The molecule has 1 atom stereocenters. The first-order chi connectivity index (χ1) is 6.46. The Labute approximate surface area is 77.2 Å². The summed E-state index contributed by atoms with van der Waals surface area (Å²) < 4.78 is 48.8. The Kier molecular flexibility index (Phi) is 3.05. The summed E-state index contributed by atoms with van der Waals surface area (Å²) in [5.74, 6) is 0. The molecule has 0 bridgehead atoms. The van der Waals surface area contributed by atoms with Crippen LogP contribution in [0.1, 0.15) is 17.2 Å². The summed E-state index contributed by atoms with van der Waals surface area (Å²) in [6.07, 6.45) is -4.74.